The number of hydrogen-bond acceptors (Lipinski definition) is 3. The van der Waals surface area contributed by atoms with E-state index in [2.05, 4.69) is 10.4 Å². The van der Waals surface area contributed by atoms with Gasteiger partial charge >= 0.3 is 0 Å². The van der Waals surface area contributed by atoms with Crippen molar-refractivity contribution in [3.8, 4) is 11.3 Å². The van der Waals surface area contributed by atoms with Crippen LogP contribution in [0.15, 0.2) is 65.5 Å². The highest BCUT2D eigenvalue weighted by molar-refractivity contribution is 5.75. The van der Waals surface area contributed by atoms with E-state index in [0.717, 1.165) is 16.7 Å². The molecule has 3 aromatic rings. The number of hydrogen-bond donors (Lipinski definition) is 1. The van der Waals surface area contributed by atoms with Gasteiger partial charge in [0.2, 0.25) is 5.91 Å². The van der Waals surface area contributed by atoms with E-state index in [1.807, 2.05) is 31.2 Å². The number of carbonyl (C=O) groups excluding carboxylic acids is 1. The molecule has 0 radical (unpaired) electrons. The molecule has 0 saturated heterocycles. The van der Waals surface area contributed by atoms with Gasteiger partial charge in [-0.1, -0.05) is 42.0 Å². The summed E-state index contributed by atoms with van der Waals surface area (Å²) in [6.07, 6.45) is 0.130. The number of aryl methyl sites for hydroxylation is 2. The van der Waals surface area contributed by atoms with Gasteiger partial charge in [-0.3, -0.25) is 9.59 Å². The number of benzene rings is 2. The molecule has 0 aliphatic heterocycles. The smallest absolute Gasteiger partial charge is 0.266 e. The summed E-state index contributed by atoms with van der Waals surface area (Å²) < 4.78 is 14.2. The molecule has 5 nitrogen and oxygen atoms in total. The fourth-order valence-electron chi connectivity index (χ4n) is 2.59. The lowest BCUT2D eigenvalue weighted by Gasteiger charge is -2.08. The van der Waals surface area contributed by atoms with Crippen molar-refractivity contribution in [2.24, 2.45) is 0 Å². The second-order valence-electron chi connectivity index (χ2n) is 6.30. The average Bonchev–Trinajstić information content (AvgIpc) is 2.67. The SMILES string of the molecule is Cc1ccc(-c2ccc(=O)n(CCC(=O)NCc3ccc(F)cc3)n2)cc1. The Balaban J connectivity index is 1.60. The van der Waals surface area contributed by atoms with E-state index in [9.17, 15) is 14.0 Å². The fourth-order valence-corrected chi connectivity index (χ4v) is 2.59. The number of nitrogens with zero attached hydrogens (tertiary/aromatic N) is 2. The summed E-state index contributed by atoms with van der Waals surface area (Å²) in [6.45, 7) is 2.50. The predicted octanol–water partition coefficient (Wildman–Crippen LogP) is 3.06. The highest BCUT2D eigenvalue weighted by atomic mass is 19.1. The standard InChI is InChI=1S/C21H20FN3O2/c1-15-2-6-17(7-3-15)19-10-11-21(27)25(24-19)13-12-20(26)23-14-16-4-8-18(22)9-5-16/h2-11H,12-14H2,1H3,(H,23,26). The Morgan fingerprint density at radius 3 is 2.44 bits per heavy atom. The van der Waals surface area contributed by atoms with Crippen LogP contribution in [0.3, 0.4) is 0 Å². The van der Waals surface area contributed by atoms with Gasteiger partial charge in [-0.25, -0.2) is 9.07 Å². The lowest BCUT2D eigenvalue weighted by molar-refractivity contribution is -0.121. The fraction of sp³-hybridized carbons (Fsp3) is 0.190. The van der Waals surface area contributed by atoms with E-state index < -0.39 is 0 Å². The van der Waals surface area contributed by atoms with Crippen LogP contribution in [-0.4, -0.2) is 15.7 Å². The van der Waals surface area contributed by atoms with Crippen LogP contribution < -0.4 is 10.9 Å². The zero-order chi connectivity index (χ0) is 19.2. The maximum atomic E-state index is 12.9. The first-order valence-electron chi connectivity index (χ1n) is 8.67. The first-order chi connectivity index (χ1) is 13.0. The second kappa shape index (κ2) is 8.40. The lowest BCUT2D eigenvalue weighted by Crippen LogP contribution is -2.28. The molecule has 1 N–H and O–H groups in total. The Bertz CT molecular complexity index is 980. The molecular weight excluding hydrogens is 345 g/mol. The third kappa shape index (κ3) is 5.10. The second-order valence-corrected chi connectivity index (χ2v) is 6.30. The predicted molar refractivity (Wildman–Crippen MR) is 102 cm³/mol. The minimum atomic E-state index is -0.316. The van der Waals surface area contributed by atoms with Gasteiger partial charge in [0, 0.05) is 24.6 Å². The number of nitrogens with one attached hydrogen (secondary N) is 1. The van der Waals surface area contributed by atoms with Gasteiger partial charge in [0.15, 0.2) is 0 Å². The van der Waals surface area contributed by atoms with E-state index in [1.54, 1.807) is 18.2 Å². The molecule has 6 heteroatoms. The highest BCUT2D eigenvalue weighted by Gasteiger charge is 2.07. The molecule has 1 aromatic heterocycles. The number of aromatic nitrogens is 2. The van der Waals surface area contributed by atoms with E-state index in [4.69, 9.17) is 0 Å². The van der Waals surface area contributed by atoms with Gasteiger partial charge in [0.1, 0.15) is 5.82 Å². The Morgan fingerprint density at radius 1 is 1.04 bits per heavy atom. The molecule has 0 atom stereocenters. The van der Waals surface area contributed by atoms with Crippen molar-refractivity contribution in [1.82, 2.24) is 15.1 Å². The van der Waals surface area contributed by atoms with E-state index in [-0.39, 0.29) is 30.2 Å². The first kappa shape index (κ1) is 18.5. The quantitative estimate of drug-likeness (QED) is 0.730. The summed E-state index contributed by atoms with van der Waals surface area (Å²) in [7, 11) is 0. The van der Waals surface area contributed by atoms with Crippen LogP contribution in [0.2, 0.25) is 0 Å². The Hall–Kier alpha value is -3.28. The van der Waals surface area contributed by atoms with E-state index in [1.165, 1.54) is 22.9 Å². The van der Waals surface area contributed by atoms with Crippen LogP contribution in [0.1, 0.15) is 17.5 Å². The molecule has 138 valence electrons. The van der Waals surface area contributed by atoms with Gasteiger partial charge in [0.05, 0.1) is 12.2 Å². The topological polar surface area (TPSA) is 64.0 Å². The van der Waals surface area contributed by atoms with Crippen molar-refractivity contribution >= 4 is 5.91 Å². The maximum absolute atomic E-state index is 12.9. The number of carbonyl (C=O) groups is 1. The van der Waals surface area contributed by atoms with E-state index in [0.29, 0.717) is 12.2 Å². The molecule has 0 saturated carbocycles. The van der Waals surface area contributed by atoms with Gasteiger partial charge in [-0.05, 0) is 30.7 Å². The number of rotatable bonds is 6. The summed E-state index contributed by atoms with van der Waals surface area (Å²) >= 11 is 0. The maximum Gasteiger partial charge on any atom is 0.266 e. The Morgan fingerprint density at radius 2 is 1.74 bits per heavy atom. The first-order valence-corrected chi connectivity index (χ1v) is 8.67. The minimum Gasteiger partial charge on any atom is -0.352 e. The molecule has 0 aliphatic carbocycles. The summed E-state index contributed by atoms with van der Waals surface area (Å²) in [6, 6.07) is 16.9. The molecule has 0 spiro atoms. The van der Waals surface area contributed by atoms with Gasteiger partial charge in [-0.2, -0.15) is 5.10 Å². The molecule has 0 fully saturated rings. The number of amides is 1. The van der Waals surface area contributed by atoms with Crippen LogP contribution in [0.5, 0.6) is 0 Å². The third-order valence-electron chi connectivity index (χ3n) is 4.17. The molecule has 0 aliphatic rings. The normalized spacial score (nSPS) is 10.6. The van der Waals surface area contributed by atoms with Crippen LogP contribution >= 0.6 is 0 Å². The summed E-state index contributed by atoms with van der Waals surface area (Å²) in [5.41, 5.74) is 3.29. The molecule has 0 bridgehead atoms. The zero-order valence-corrected chi connectivity index (χ0v) is 15.0. The molecule has 2 aromatic carbocycles. The van der Waals surface area contributed by atoms with Crippen molar-refractivity contribution in [2.45, 2.75) is 26.4 Å². The Kier molecular flexibility index (Phi) is 5.76. The third-order valence-corrected chi connectivity index (χ3v) is 4.17. The van der Waals surface area contributed by atoms with Crippen LogP contribution in [0.25, 0.3) is 11.3 Å². The van der Waals surface area contributed by atoms with Crippen molar-refractivity contribution in [2.75, 3.05) is 0 Å². The average molecular weight is 365 g/mol. The van der Waals surface area contributed by atoms with Crippen molar-refractivity contribution in [3.05, 3.63) is 88.0 Å². The van der Waals surface area contributed by atoms with Gasteiger partial charge in [-0.15, -0.1) is 0 Å². The zero-order valence-electron chi connectivity index (χ0n) is 15.0. The lowest BCUT2D eigenvalue weighted by atomic mass is 10.1. The molecule has 27 heavy (non-hydrogen) atoms. The van der Waals surface area contributed by atoms with Crippen molar-refractivity contribution in [3.63, 3.8) is 0 Å². The monoisotopic (exact) mass is 365 g/mol. The van der Waals surface area contributed by atoms with Gasteiger partial charge in [0.25, 0.3) is 5.56 Å². The molecule has 3 rings (SSSR count). The Labute approximate surface area is 156 Å². The molecule has 1 amide bonds. The highest BCUT2D eigenvalue weighted by Crippen LogP contribution is 2.15. The van der Waals surface area contributed by atoms with Crippen molar-refractivity contribution in [1.29, 1.82) is 0 Å². The van der Waals surface area contributed by atoms with E-state index >= 15 is 0 Å². The largest absolute Gasteiger partial charge is 0.352 e. The summed E-state index contributed by atoms with van der Waals surface area (Å²) in [5.74, 6) is -0.516. The molecule has 0 unspecified atom stereocenters. The van der Waals surface area contributed by atoms with Crippen LogP contribution in [0, 0.1) is 12.7 Å². The molecule has 1 heterocycles. The van der Waals surface area contributed by atoms with Gasteiger partial charge < -0.3 is 5.32 Å². The molecular formula is C21H20FN3O2. The minimum absolute atomic E-state index is 0.130. The summed E-state index contributed by atoms with van der Waals surface area (Å²) in [5, 5.41) is 7.11. The van der Waals surface area contributed by atoms with Crippen LogP contribution in [-0.2, 0) is 17.9 Å². The number of halogens is 1. The van der Waals surface area contributed by atoms with Crippen molar-refractivity contribution < 1.29 is 9.18 Å². The summed E-state index contributed by atoms with van der Waals surface area (Å²) in [4.78, 5) is 24.0. The van der Waals surface area contributed by atoms with Crippen LogP contribution in [0.4, 0.5) is 4.39 Å².